The summed E-state index contributed by atoms with van der Waals surface area (Å²) in [5, 5.41) is 8.85. The number of nitrogens with zero attached hydrogens (tertiary/aromatic N) is 1. The number of hydrogen-bond donors (Lipinski definition) is 2. The third-order valence-electron chi connectivity index (χ3n) is 2.76. The standard InChI is InChI=1S/C13H13ClN2O5S/c14-9-3-4-10(15)12(8-9)22(19,20)16-5-1-2-11(16)13(18)21-7-6-17/h1-5,8,17H,6-7,15H2. The number of carbonyl (C=O) groups is 1. The Morgan fingerprint density at radius 3 is 2.77 bits per heavy atom. The second-order valence-corrected chi connectivity index (χ2v) is 6.46. The molecule has 118 valence electrons. The van der Waals surface area contributed by atoms with Gasteiger partial charge in [0.25, 0.3) is 10.0 Å². The van der Waals surface area contributed by atoms with E-state index in [1.807, 2.05) is 0 Å². The first-order valence-electron chi connectivity index (χ1n) is 6.14. The molecule has 0 unspecified atom stereocenters. The second-order valence-electron chi connectivity index (χ2n) is 4.24. The fourth-order valence-corrected chi connectivity index (χ4v) is 3.50. The van der Waals surface area contributed by atoms with Crippen LogP contribution in [0.2, 0.25) is 5.02 Å². The van der Waals surface area contributed by atoms with Crippen LogP contribution in [0, 0.1) is 0 Å². The van der Waals surface area contributed by atoms with Crippen LogP contribution in [0.1, 0.15) is 10.5 Å². The highest BCUT2D eigenvalue weighted by Crippen LogP contribution is 2.26. The number of nitrogens with two attached hydrogens (primary N) is 1. The van der Waals surface area contributed by atoms with Crippen LogP contribution in [0.4, 0.5) is 5.69 Å². The molecule has 2 rings (SSSR count). The Kier molecular flexibility index (Phi) is 4.74. The number of hydrogen-bond acceptors (Lipinski definition) is 6. The summed E-state index contributed by atoms with van der Waals surface area (Å²) in [6, 6.07) is 6.70. The quantitative estimate of drug-likeness (QED) is 0.620. The number of aliphatic hydroxyl groups excluding tert-OH is 1. The predicted molar refractivity (Wildman–Crippen MR) is 80.2 cm³/mol. The first kappa shape index (κ1) is 16.3. The van der Waals surface area contributed by atoms with E-state index in [2.05, 4.69) is 0 Å². The SMILES string of the molecule is Nc1ccc(Cl)cc1S(=O)(=O)n1cccc1C(=O)OCCO. The van der Waals surface area contributed by atoms with E-state index in [-0.39, 0.29) is 34.5 Å². The fourth-order valence-electron chi connectivity index (χ4n) is 1.78. The van der Waals surface area contributed by atoms with Crippen molar-refractivity contribution in [2.24, 2.45) is 0 Å². The lowest BCUT2D eigenvalue weighted by atomic mass is 10.3. The van der Waals surface area contributed by atoms with Gasteiger partial charge in [0, 0.05) is 11.2 Å². The van der Waals surface area contributed by atoms with Gasteiger partial charge in [-0.05, 0) is 30.3 Å². The molecule has 0 atom stereocenters. The lowest BCUT2D eigenvalue weighted by Gasteiger charge is -2.12. The van der Waals surface area contributed by atoms with Crippen LogP contribution >= 0.6 is 11.6 Å². The van der Waals surface area contributed by atoms with Gasteiger partial charge >= 0.3 is 5.97 Å². The van der Waals surface area contributed by atoms with Gasteiger partial charge in [-0.1, -0.05) is 11.6 Å². The Balaban J connectivity index is 2.50. The first-order chi connectivity index (χ1) is 10.4. The first-order valence-corrected chi connectivity index (χ1v) is 7.95. The second kappa shape index (κ2) is 6.39. The highest BCUT2D eigenvalue weighted by Gasteiger charge is 2.25. The lowest BCUT2D eigenvalue weighted by Crippen LogP contribution is -2.20. The molecule has 0 aliphatic heterocycles. The van der Waals surface area contributed by atoms with Crippen molar-refractivity contribution in [2.75, 3.05) is 18.9 Å². The molecule has 7 nitrogen and oxygen atoms in total. The van der Waals surface area contributed by atoms with Gasteiger partial charge in [-0.2, -0.15) is 0 Å². The minimum absolute atomic E-state index is 0.00720. The molecule has 0 aliphatic carbocycles. The normalized spacial score (nSPS) is 11.4. The maximum atomic E-state index is 12.6. The Hall–Kier alpha value is -2.03. The van der Waals surface area contributed by atoms with E-state index < -0.39 is 16.0 Å². The number of esters is 1. The minimum atomic E-state index is -4.11. The number of rotatable bonds is 5. The molecule has 0 fully saturated rings. The molecule has 1 aromatic carbocycles. The Labute approximate surface area is 131 Å². The summed E-state index contributed by atoms with van der Waals surface area (Å²) in [6.45, 7) is -0.593. The number of benzene rings is 1. The molecule has 1 aromatic heterocycles. The van der Waals surface area contributed by atoms with Crippen LogP contribution in [-0.2, 0) is 14.8 Å². The summed E-state index contributed by atoms with van der Waals surface area (Å²) in [7, 11) is -4.11. The third-order valence-corrected chi connectivity index (χ3v) is 4.74. The van der Waals surface area contributed by atoms with Crippen LogP contribution < -0.4 is 5.73 Å². The lowest BCUT2D eigenvalue weighted by molar-refractivity contribution is 0.0426. The highest BCUT2D eigenvalue weighted by atomic mass is 35.5. The Morgan fingerprint density at radius 1 is 1.36 bits per heavy atom. The van der Waals surface area contributed by atoms with Crippen molar-refractivity contribution in [3.05, 3.63) is 47.2 Å². The summed E-state index contributed by atoms with van der Waals surface area (Å²) < 4.78 is 30.8. The molecule has 0 bridgehead atoms. The number of carbonyl (C=O) groups excluding carboxylic acids is 1. The van der Waals surface area contributed by atoms with Gasteiger partial charge in [-0.3, -0.25) is 0 Å². The van der Waals surface area contributed by atoms with Gasteiger partial charge in [0.15, 0.2) is 0 Å². The largest absolute Gasteiger partial charge is 0.459 e. The molecule has 1 heterocycles. The van der Waals surface area contributed by atoms with Crippen LogP contribution in [-0.4, -0.2) is 36.7 Å². The van der Waals surface area contributed by atoms with E-state index in [4.69, 9.17) is 27.2 Å². The molecule has 0 aliphatic rings. The van der Waals surface area contributed by atoms with Gasteiger partial charge in [0.1, 0.15) is 17.2 Å². The molecular weight excluding hydrogens is 332 g/mol. The minimum Gasteiger partial charge on any atom is -0.459 e. The van der Waals surface area contributed by atoms with E-state index in [1.165, 1.54) is 36.5 Å². The molecule has 0 saturated carbocycles. The van der Waals surface area contributed by atoms with Gasteiger partial charge in [0.2, 0.25) is 0 Å². The van der Waals surface area contributed by atoms with Gasteiger partial charge in [-0.25, -0.2) is 17.2 Å². The van der Waals surface area contributed by atoms with Crippen molar-refractivity contribution < 1.29 is 23.1 Å². The number of halogens is 1. The Bertz CT molecular complexity index is 801. The smallest absolute Gasteiger partial charge is 0.356 e. The number of ether oxygens (including phenoxy) is 1. The van der Waals surface area contributed by atoms with E-state index in [0.717, 1.165) is 3.97 Å². The average Bonchev–Trinajstić information content (AvgIpc) is 2.97. The topological polar surface area (TPSA) is 112 Å². The van der Waals surface area contributed by atoms with E-state index in [9.17, 15) is 13.2 Å². The molecule has 0 spiro atoms. The summed E-state index contributed by atoms with van der Waals surface area (Å²) >= 11 is 5.81. The summed E-state index contributed by atoms with van der Waals surface area (Å²) in [6.07, 6.45) is 1.20. The zero-order valence-electron chi connectivity index (χ0n) is 11.3. The van der Waals surface area contributed by atoms with Crippen LogP contribution in [0.5, 0.6) is 0 Å². The van der Waals surface area contributed by atoms with Gasteiger partial charge in [-0.15, -0.1) is 0 Å². The number of nitrogen functional groups attached to an aromatic ring is 1. The van der Waals surface area contributed by atoms with E-state index >= 15 is 0 Å². The molecule has 2 aromatic rings. The molecule has 0 radical (unpaired) electrons. The fraction of sp³-hybridized carbons (Fsp3) is 0.154. The molecule has 0 amide bonds. The zero-order valence-corrected chi connectivity index (χ0v) is 12.8. The van der Waals surface area contributed by atoms with Gasteiger partial charge < -0.3 is 15.6 Å². The number of aromatic nitrogens is 1. The van der Waals surface area contributed by atoms with Crippen molar-refractivity contribution in [3.8, 4) is 0 Å². The van der Waals surface area contributed by atoms with E-state index in [0.29, 0.717) is 0 Å². The Morgan fingerprint density at radius 2 is 2.09 bits per heavy atom. The molecule has 3 N–H and O–H groups in total. The zero-order chi connectivity index (χ0) is 16.3. The predicted octanol–water partition coefficient (Wildman–Crippen LogP) is 1.11. The highest BCUT2D eigenvalue weighted by molar-refractivity contribution is 7.90. The third kappa shape index (κ3) is 3.08. The summed E-state index contributed by atoms with van der Waals surface area (Å²) in [5.41, 5.74) is 5.49. The van der Waals surface area contributed by atoms with Crippen LogP contribution in [0.3, 0.4) is 0 Å². The van der Waals surface area contributed by atoms with Gasteiger partial charge in [0.05, 0.1) is 12.3 Å². The monoisotopic (exact) mass is 344 g/mol. The maximum Gasteiger partial charge on any atom is 0.356 e. The average molecular weight is 345 g/mol. The van der Waals surface area contributed by atoms with Crippen molar-refractivity contribution in [3.63, 3.8) is 0 Å². The molecular formula is C13H13ClN2O5S. The van der Waals surface area contributed by atoms with E-state index in [1.54, 1.807) is 0 Å². The number of aliphatic hydroxyl groups is 1. The van der Waals surface area contributed by atoms with Crippen molar-refractivity contribution in [1.82, 2.24) is 3.97 Å². The van der Waals surface area contributed by atoms with Crippen molar-refractivity contribution in [2.45, 2.75) is 4.90 Å². The van der Waals surface area contributed by atoms with Crippen LogP contribution in [0.25, 0.3) is 0 Å². The maximum absolute atomic E-state index is 12.6. The summed E-state index contributed by atoms with van der Waals surface area (Å²) in [5.74, 6) is -0.872. The van der Waals surface area contributed by atoms with Crippen molar-refractivity contribution >= 4 is 33.3 Å². The molecule has 0 saturated heterocycles. The molecule has 22 heavy (non-hydrogen) atoms. The van der Waals surface area contributed by atoms with Crippen LogP contribution in [0.15, 0.2) is 41.4 Å². The summed E-state index contributed by atoms with van der Waals surface area (Å²) in [4.78, 5) is 11.6. The van der Waals surface area contributed by atoms with Crippen molar-refractivity contribution in [1.29, 1.82) is 0 Å². The molecule has 9 heteroatoms. The number of anilines is 1.